The number of H-pyrrole nitrogens is 1. The van der Waals surface area contributed by atoms with E-state index in [1.807, 2.05) is 35.1 Å². The smallest absolute Gasteiger partial charge is 0.333 e. The maximum atomic E-state index is 12.7. The molecule has 0 atom stereocenters. The molecule has 3 amide bonds. The molecule has 38 heavy (non-hydrogen) atoms. The van der Waals surface area contributed by atoms with Gasteiger partial charge in [-0.05, 0) is 24.1 Å². The Balaban J connectivity index is 1.51. The number of nitrogens with zero attached hydrogens (tertiary/aromatic N) is 1. The van der Waals surface area contributed by atoms with Gasteiger partial charge in [0, 0.05) is 17.3 Å². The lowest BCUT2D eigenvalue weighted by atomic mass is 10.1. The van der Waals surface area contributed by atoms with E-state index in [4.69, 9.17) is 11.6 Å². The highest BCUT2D eigenvalue weighted by Crippen LogP contribution is 2.30. The van der Waals surface area contributed by atoms with Gasteiger partial charge in [-0.25, -0.2) is 22.9 Å². The van der Waals surface area contributed by atoms with Gasteiger partial charge in [0.2, 0.25) is 5.75 Å². The summed E-state index contributed by atoms with van der Waals surface area (Å²) in [4.78, 5) is 43.7. The lowest BCUT2D eigenvalue weighted by Crippen LogP contribution is -2.34. The monoisotopic (exact) mass is 573 g/mol. The van der Waals surface area contributed by atoms with E-state index in [2.05, 4.69) is 20.6 Å². The van der Waals surface area contributed by atoms with Crippen molar-refractivity contribution in [3.05, 3.63) is 92.0 Å². The van der Waals surface area contributed by atoms with Crippen LogP contribution in [0.5, 0.6) is 5.75 Å². The molecule has 0 bridgehead atoms. The number of benzene rings is 2. The zero-order valence-electron chi connectivity index (χ0n) is 19.4. The summed E-state index contributed by atoms with van der Waals surface area (Å²) in [7, 11) is -4.28. The number of thiophene rings is 1. The molecule has 2 heterocycles. The number of sulfonamides is 1. The van der Waals surface area contributed by atoms with Gasteiger partial charge in [-0.3, -0.25) is 9.59 Å². The number of aromatic amines is 1. The molecule has 0 aliphatic rings. The maximum Gasteiger partial charge on any atom is 0.333 e. The second-order valence-electron chi connectivity index (χ2n) is 7.79. The van der Waals surface area contributed by atoms with Crippen molar-refractivity contribution in [1.82, 2.24) is 20.0 Å². The molecule has 0 unspecified atom stereocenters. The highest BCUT2D eigenvalue weighted by Gasteiger charge is 2.23. The second-order valence-corrected chi connectivity index (χ2v) is 10.6. The molecule has 4 aromatic rings. The van der Waals surface area contributed by atoms with E-state index >= 15 is 0 Å². The van der Waals surface area contributed by atoms with Crippen molar-refractivity contribution in [2.45, 2.75) is 11.3 Å². The number of nitrogens with one attached hydrogen (secondary N) is 4. The summed E-state index contributed by atoms with van der Waals surface area (Å²) in [6, 6.07) is 13.9. The largest absolute Gasteiger partial charge is 0.501 e. The Morgan fingerprint density at radius 3 is 2.50 bits per heavy atom. The van der Waals surface area contributed by atoms with Crippen LogP contribution < -0.4 is 20.9 Å². The van der Waals surface area contributed by atoms with Gasteiger partial charge in [0.15, 0.2) is 5.69 Å². The average molecular weight is 574 g/mol. The first-order valence-corrected chi connectivity index (χ1v) is 13.8. The number of carbonyl (C=O) groups is 2. The molecule has 5 N–H and O–H groups in total. The molecule has 11 nitrogen and oxygen atoms in total. The van der Waals surface area contributed by atoms with Crippen LogP contribution >= 0.6 is 22.9 Å². The molecule has 0 fully saturated rings. The molecular weight excluding hydrogens is 554 g/mol. The number of aromatic hydroxyl groups is 1. The summed E-state index contributed by atoms with van der Waals surface area (Å²) in [5.41, 5.74) is -0.187. The fraction of sp³-hybridized carbons (Fsp3) is 0.0833. The number of aromatic nitrogens is 2. The van der Waals surface area contributed by atoms with Crippen LogP contribution in [0.3, 0.4) is 0 Å². The number of carbonyl (C=O) groups excluding carboxylic acids is 2. The lowest BCUT2D eigenvalue weighted by molar-refractivity contribution is 0.0945. The van der Waals surface area contributed by atoms with Crippen LogP contribution in [0.2, 0.25) is 5.02 Å². The summed E-state index contributed by atoms with van der Waals surface area (Å²) in [6.45, 7) is 0.234. The fourth-order valence-corrected chi connectivity index (χ4v) is 5.56. The number of rotatable bonds is 8. The topological polar surface area (TPSA) is 170 Å². The lowest BCUT2D eigenvalue weighted by Gasteiger charge is -2.11. The molecule has 0 radical (unpaired) electrons. The Bertz CT molecular complexity index is 1650. The summed E-state index contributed by atoms with van der Waals surface area (Å²) < 4.78 is 26.9. The van der Waals surface area contributed by atoms with E-state index < -0.39 is 39.0 Å². The molecule has 196 valence electrons. The number of amides is 3. The van der Waals surface area contributed by atoms with Gasteiger partial charge in [-0.15, -0.1) is 11.3 Å². The van der Waals surface area contributed by atoms with Gasteiger partial charge in [0.05, 0.1) is 16.3 Å². The van der Waals surface area contributed by atoms with E-state index in [1.54, 1.807) is 6.07 Å². The Labute approximate surface area is 225 Å². The van der Waals surface area contributed by atoms with Crippen molar-refractivity contribution in [3.63, 3.8) is 0 Å². The molecule has 0 saturated heterocycles. The fourth-order valence-electron chi connectivity index (χ4n) is 3.37. The summed E-state index contributed by atoms with van der Waals surface area (Å²) in [5, 5.41) is 18.1. The number of hydrogen-bond acceptors (Lipinski definition) is 8. The SMILES string of the molecule is O=C(Nc1cscc1-c1nc(C(=O)NCCc2ccccc2)c(O)c(=O)[nH]1)NS(=O)(=O)c1ccccc1Cl. The summed E-state index contributed by atoms with van der Waals surface area (Å²) in [5.74, 6) is -1.75. The Kier molecular flexibility index (Phi) is 8.10. The van der Waals surface area contributed by atoms with Gasteiger partial charge >= 0.3 is 6.03 Å². The zero-order valence-corrected chi connectivity index (χ0v) is 21.8. The molecule has 0 aliphatic heterocycles. The first kappa shape index (κ1) is 26.9. The predicted octanol–water partition coefficient (Wildman–Crippen LogP) is 3.34. The third-order valence-corrected chi connectivity index (χ3v) is 7.74. The van der Waals surface area contributed by atoms with Crippen molar-refractivity contribution in [2.75, 3.05) is 11.9 Å². The Hall–Kier alpha value is -4.20. The van der Waals surface area contributed by atoms with Crippen LogP contribution in [0.15, 0.2) is 75.0 Å². The minimum absolute atomic E-state index is 0.0653. The van der Waals surface area contributed by atoms with Gasteiger partial charge in [0.25, 0.3) is 21.5 Å². The highest BCUT2D eigenvalue weighted by atomic mass is 35.5. The number of hydrogen-bond donors (Lipinski definition) is 5. The third-order valence-electron chi connectivity index (χ3n) is 5.17. The first-order valence-electron chi connectivity index (χ1n) is 11.0. The van der Waals surface area contributed by atoms with Crippen LogP contribution in [0.1, 0.15) is 16.1 Å². The van der Waals surface area contributed by atoms with E-state index in [-0.39, 0.29) is 33.5 Å². The summed E-state index contributed by atoms with van der Waals surface area (Å²) in [6.07, 6.45) is 0.522. The molecular formula is C24H20ClN5O6S2. The Morgan fingerprint density at radius 2 is 1.76 bits per heavy atom. The first-order chi connectivity index (χ1) is 18.2. The third kappa shape index (κ3) is 6.19. The quantitative estimate of drug-likeness (QED) is 0.215. The van der Waals surface area contributed by atoms with E-state index in [0.29, 0.717) is 6.42 Å². The van der Waals surface area contributed by atoms with Crippen molar-refractivity contribution >= 4 is 50.6 Å². The van der Waals surface area contributed by atoms with Crippen LogP contribution in [-0.4, -0.2) is 42.0 Å². The number of urea groups is 1. The minimum Gasteiger partial charge on any atom is -0.501 e. The van der Waals surface area contributed by atoms with Crippen LogP contribution in [0, 0.1) is 0 Å². The van der Waals surface area contributed by atoms with Crippen molar-refractivity contribution in [2.24, 2.45) is 0 Å². The normalized spacial score (nSPS) is 11.1. The summed E-state index contributed by atoms with van der Waals surface area (Å²) >= 11 is 7.04. The minimum atomic E-state index is -4.28. The van der Waals surface area contributed by atoms with E-state index in [9.17, 15) is 27.9 Å². The van der Waals surface area contributed by atoms with Crippen LogP contribution in [0.25, 0.3) is 11.4 Å². The molecule has 4 rings (SSSR count). The highest BCUT2D eigenvalue weighted by molar-refractivity contribution is 7.90. The Morgan fingerprint density at radius 1 is 1.05 bits per heavy atom. The van der Waals surface area contributed by atoms with Crippen LogP contribution in [0.4, 0.5) is 10.5 Å². The maximum absolute atomic E-state index is 12.7. The van der Waals surface area contributed by atoms with Gasteiger partial charge < -0.3 is 20.7 Å². The molecule has 0 saturated carbocycles. The van der Waals surface area contributed by atoms with Gasteiger partial charge in [0.1, 0.15) is 10.7 Å². The average Bonchev–Trinajstić information content (AvgIpc) is 3.33. The zero-order chi connectivity index (χ0) is 27.3. The number of anilines is 1. The predicted molar refractivity (Wildman–Crippen MR) is 143 cm³/mol. The van der Waals surface area contributed by atoms with Gasteiger partial charge in [-0.1, -0.05) is 54.1 Å². The molecule has 0 aliphatic carbocycles. The molecule has 2 aromatic heterocycles. The van der Waals surface area contributed by atoms with Gasteiger partial charge in [-0.2, -0.15) is 0 Å². The standard InChI is InChI=1S/C24H20ClN5O6S2/c25-16-8-4-5-9-18(16)38(35,36)30-24(34)27-17-13-37-12-15(17)21-28-19(20(31)23(33)29-21)22(32)26-11-10-14-6-2-1-3-7-14/h1-9,12-13,31H,10-11H2,(H,26,32)(H2,27,30,34)(H,28,29,33). The molecule has 0 spiro atoms. The number of halogens is 1. The van der Waals surface area contributed by atoms with Crippen molar-refractivity contribution in [3.8, 4) is 17.1 Å². The van der Waals surface area contributed by atoms with Crippen LogP contribution in [-0.2, 0) is 16.4 Å². The van der Waals surface area contributed by atoms with Crippen molar-refractivity contribution in [1.29, 1.82) is 0 Å². The molecule has 2 aromatic carbocycles. The van der Waals surface area contributed by atoms with E-state index in [1.165, 1.54) is 29.0 Å². The van der Waals surface area contributed by atoms with E-state index in [0.717, 1.165) is 16.9 Å². The van der Waals surface area contributed by atoms with Crippen molar-refractivity contribution < 1.29 is 23.1 Å². The molecule has 14 heteroatoms. The second kappa shape index (κ2) is 11.5.